The van der Waals surface area contributed by atoms with Crippen molar-refractivity contribution in [1.29, 1.82) is 0 Å². The highest BCUT2D eigenvalue weighted by Crippen LogP contribution is 2.21. The Bertz CT molecular complexity index is 482. The van der Waals surface area contributed by atoms with Gasteiger partial charge in [-0.1, -0.05) is 26.0 Å². The highest BCUT2D eigenvalue weighted by atomic mass is 15.3. The molecule has 0 fully saturated rings. The number of anilines is 1. The number of imidazole rings is 1. The summed E-state index contributed by atoms with van der Waals surface area (Å²) in [4.78, 5) is 10.2. The zero-order chi connectivity index (χ0) is 13.2. The lowest BCUT2D eigenvalue weighted by atomic mass is 9.93. The third-order valence-corrected chi connectivity index (χ3v) is 3.23. The molecule has 0 aliphatic carbocycles. The van der Waals surface area contributed by atoms with Crippen LogP contribution >= 0.6 is 0 Å². The lowest BCUT2D eigenvalue weighted by Crippen LogP contribution is -2.39. The first-order valence-electron chi connectivity index (χ1n) is 6.45. The molecule has 1 aromatic carbocycles. The summed E-state index contributed by atoms with van der Waals surface area (Å²) in [5.74, 6) is 0.931. The van der Waals surface area contributed by atoms with E-state index in [0.717, 1.165) is 30.1 Å². The summed E-state index contributed by atoms with van der Waals surface area (Å²) >= 11 is 0. The molecule has 0 saturated carbocycles. The molecule has 3 N–H and O–H groups in total. The van der Waals surface area contributed by atoms with Gasteiger partial charge in [0.05, 0.1) is 11.0 Å². The predicted molar refractivity (Wildman–Crippen MR) is 76.8 cm³/mol. The van der Waals surface area contributed by atoms with Gasteiger partial charge in [-0.05, 0) is 31.0 Å². The molecule has 0 atom stereocenters. The van der Waals surface area contributed by atoms with Crippen molar-refractivity contribution >= 4 is 17.0 Å². The van der Waals surface area contributed by atoms with Gasteiger partial charge in [0.2, 0.25) is 5.95 Å². The molecule has 0 bridgehead atoms. The molecule has 0 unspecified atom stereocenters. The minimum absolute atomic E-state index is 0.0922. The molecular weight excluding hydrogens is 224 g/mol. The first-order valence-corrected chi connectivity index (χ1v) is 6.45. The third-order valence-electron chi connectivity index (χ3n) is 3.23. The average molecular weight is 246 g/mol. The minimum atomic E-state index is 0.0922. The van der Waals surface area contributed by atoms with Gasteiger partial charge in [0.25, 0.3) is 0 Å². The van der Waals surface area contributed by atoms with Crippen molar-refractivity contribution in [2.24, 2.45) is 11.1 Å². The SMILES string of the molecule is CCN(CC(C)(C)CN)c1nc2ccccc2[nH]1. The number of hydrogen-bond acceptors (Lipinski definition) is 3. The van der Waals surface area contributed by atoms with Gasteiger partial charge in [-0.25, -0.2) is 4.98 Å². The van der Waals surface area contributed by atoms with E-state index in [1.807, 2.05) is 24.3 Å². The van der Waals surface area contributed by atoms with E-state index in [1.54, 1.807) is 0 Å². The van der Waals surface area contributed by atoms with Crippen LogP contribution in [0.25, 0.3) is 11.0 Å². The molecule has 0 aliphatic rings. The summed E-state index contributed by atoms with van der Waals surface area (Å²) in [7, 11) is 0. The molecule has 4 heteroatoms. The molecule has 0 amide bonds. The maximum absolute atomic E-state index is 5.81. The van der Waals surface area contributed by atoms with Crippen LogP contribution in [-0.4, -0.2) is 29.6 Å². The number of hydrogen-bond donors (Lipinski definition) is 2. The van der Waals surface area contributed by atoms with E-state index in [4.69, 9.17) is 5.73 Å². The van der Waals surface area contributed by atoms with Crippen LogP contribution in [0, 0.1) is 5.41 Å². The number of fused-ring (bicyclic) bond motifs is 1. The summed E-state index contributed by atoms with van der Waals surface area (Å²) in [6, 6.07) is 8.10. The standard InChI is InChI=1S/C14H22N4/c1-4-18(10-14(2,3)9-15)13-16-11-7-5-6-8-12(11)17-13/h5-8H,4,9-10,15H2,1-3H3,(H,16,17). The minimum Gasteiger partial charge on any atom is -0.342 e. The largest absolute Gasteiger partial charge is 0.342 e. The van der Waals surface area contributed by atoms with E-state index >= 15 is 0 Å². The van der Waals surface area contributed by atoms with Gasteiger partial charge in [0.1, 0.15) is 0 Å². The van der Waals surface area contributed by atoms with Crippen molar-refractivity contribution < 1.29 is 0 Å². The second-order valence-electron chi connectivity index (χ2n) is 5.46. The van der Waals surface area contributed by atoms with Crippen molar-refractivity contribution in [3.05, 3.63) is 24.3 Å². The number of H-pyrrole nitrogens is 1. The van der Waals surface area contributed by atoms with Crippen molar-refractivity contribution in [1.82, 2.24) is 9.97 Å². The number of rotatable bonds is 5. The number of nitrogens with zero attached hydrogens (tertiary/aromatic N) is 2. The summed E-state index contributed by atoms with van der Waals surface area (Å²) in [5, 5.41) is 0. The molecule has 4 nitrogen and oxygen atoms in total. The first-order chi connectivity index (χ1) is 8.55. The van der Waals surface area contributed by atoms with Crippen LogP contribution in [0.4, 0.5) is 5.95 Å². The maximum Gasteiger partial charge on any atom is 0.203 e. The van der Waals surface area contributed by atoms with Crippen molar-refractivity contribution in [3.63, 3.8) is 0 Å². The zero-order valence-electron chi connectivity index (χ0n) is 11.4. The highest BCUT2D eigenvalue weighted by Gasteiger charge is 2.21. The van der Waals surface area contributed by atoms with Crippen LogP contribution in [0.5, 0.6) is 0 Å². The van der Waals surface area contributed by atoms with Crippen LogP contribution in [-0.2, 0) is 0 Å². The van der Waals surface area contributed by atoms with Gasteiger partial charge < -0.3 is 15.6 Å². The van der Waals surface area contributed by atoms with Crippen molar-refractivity contribution in [2.45, 2.75) is 20.8 Å². The van der Waals surface area contributed by atoms with Gasteiger partial charge in [0, 0.05) is 13.1 Å². The molecule has 2 rings (SSSR count). The summed E-state index contributed by atoms with van der Waals surface area (Å²) < 4.78 is 0. The Morgan fingerprint density at radius 2 is 2.06 bits per heavy atom. The molecule has 0 radical (unpaired) electrons. The van der Waals surface area contributed by atoms with Crippen molar-refractivity contribution in [3.8, 4) is 0 Å². The molecule has 18 heavy (non-hydrogen) atoms. The molecule has 1 aromatic heterocycles. The first kappa shape index (κ1) is 12.9. The zero-order valence-corrected chi connectivity index (χ0v) is 11.4. The van der Waals surface area contributed by atoms with E-state index < -0.39 is 0 Å². The summed E-state index contributed by atoms with van der Waals surface area (Å²) in [6.45, 7) is 8.99. The number of benzene rings is 1. The quantitative estimate of drug-likeness (QED) is 0.851. The van der Waals surface area contributed by atoms with E-state index in [0.29, 0.717) is 6.54 Å². The van der Waals surface area contributed by atoms with Crippen LogP contribution < -0.4 is 10.6 Å². The molecule has 0 spiro atoms. The molecule has 98 valence electrons. The number of aromatic amines is 1. The van der Waals surface area contributed by atoms with Crippen LogP contribution in [0.1, 0.15) is 20.8 Å². The Hall–Kier alpha value is -1.55. The molecule has 0 saturated heterocycles. The molecular formula is C14H22N4. The fraction of sp³-hybridized carbons (Fsp3) is 0.500. The molecule has 2 aromatic rings. The van der Waals surface area contributed by atoms with E-state index in [1.165, 1.54) is 0 Å². The fourth-order valence-corrected chi connectivity index (χ4v) is 2.01. The lowest BCUT2D eigenvalue weighted by molar-refractivity contribution is 0.378. The fourth-order valence-electron chi connectivity index (χ4n) is 2.01. The summed E-state index contributed by atoms with van der Waals surface area (Å²) in [5.41, 5.74) is 7.99. The topological polar surface area (TPSA) is 57.9 Å². The predicted octanol–water partition coefficient (Wildman–Crippen LogP) is 2.37. The van der Waals surface area contributed by atoms with Gasteiger partial charge in [-0.3, -0.25) is 0 Å². The van der Waals surface area contributed by atoms with Crippen LogP contribution in [0.15, 0.2) is 24.3 Å². The lowest BCUT2D eigenvalue weighted by Gasteiger charge is -2.30. The van der Waals surface area contributed by atoms with Gasteiger partial charge in [-0.2, -0.15) is 0 Å². The molecule has 1 heterocycles. The number of aromatic nitrogens is 2. The van der Waals surface area contributed by atoms with E-state index in [9.17, 15) is 0 Å². The van der Waals surface area contributed by atoms with Crippen molar-refractivity contribution in [2.75, 3.05) is 24.5 Å². The third kappa shape index (κ3) is 2.64. The van der Waals surface area contributed by atoms with Crippen LogP contribution in [0.3, 0.4) is 0 Å². The second kappa shape index (κ2) is 4.98. The van der Waals surface area contributed by atoms with Crippen LogP contribution in [0.2, 0.25) is 0 Å². The Balaban J connectivity index is 2.27. The maximum atomic E-state index is 5.81. The Labute approximate surface area is 108 Å². The van der Waals surface area contributed by atoms with E-state index in [-0.39, 0.29) is 5.41 Å². The smallest absolute Gasteiger partial charge is 0.203 e. The second-order valence-corrected chi connectivity index (χ2v) is 5.46. The monoisotopic (exact) mass is 246 g/mol. The Kier molecular flexibility index (Phi) is 3.57. The number of para-hydroxylation sites is 2. The van der Waals surface area contributed by atoms with Gasteiger partial charge in [0.15, 0.2) is 0 Å². The van der Waals surface area contributed by atoms with Gasteiger partial charge in [-0.15, -0.1) is 0 Å². The molecule has 0 aliphatic heterocycles. The van der Waals surface area contributed by atoms with Gasteiger partial charge >= 0.3 is 0 Å². The normalized spacial score (nSPS) is 12.0. The number of nitrogens with one attached hydrogen (secondary N) is 1. The highest BCUT2D eigenvalue weighted by molar-refractivity contribution is 5.77. The Morgan fingerprint density at radius 1 is 1.33 bits per heavy atom. The average Bonchev–Trinajstić information content (AvgIpc) is 2.79. The number of nitrogens with two attached hydrogens (primary N) is 1. The van der Waals surface area contributed by atoms with E-state index in [2.05, 4.69) is 35.6 Å². The summed E-state index contributed by atoms with van der Waals surface area (Å²) in [6.07, 6.45) is 0. The Morgan fingerprint density at radius 3 is 2.67 bits per heavy atom.